The molecular formula is C16H30N2. The lowest BCUT2D eigenvalue weighted by atomic mass is 9.92. The molecule has 104 valence electrons. The predicted octanol–water partition coefficient (Wildman–Crippen LogP) is 2.69. The lowest BCUT2D eigenvalue weighted by molar-refractivity contribution is 0.0210. The molecule has 1 saturated carbocycles. The highest BCUT2D eigenvalue weighted by Gasteiger charge is 2.45. The summed E-state index contributed by atoms with van der Waals surface area (Å²) in [6, 6.07) is 1.63. The Morgan fingerprint density at radius 1 is 0.833 bits per heavy atom. The Morgan fingerprint density at radius 2 is 1.39 bits per heavy atom. The number of hydrogen-bond acceptors (Lipinski definition) is 2. The molecule has 2 heteroatoms. The largest absolute Gasteiger partial charge is 0.298 e. The molecule has 18 heavy (non-hydrogen) atoms. The number of nitrogens with zero attached hydrogens (tertiary/aromatic N) is 2. The Hall–Kier alpha value is -0.0800. The van der Waals surface area contributed by atoms with Crippen molar-refractivity contribution in [1.82, 2.24) is 9.80 Å². The summed E-state index contributed by atoms with van der Waals surface area (Å²) in [4.78, 5) is 5.42. The second-order valence-corrected chi connectivity index (χ2v) is 7.65. The number of likely N-dealkylation sites (tertiary alicyclic amines) is 2. The van der Waals surface area contributed by atoms with Crippen LogP contribution in [0, 0.1) is 23.7 Å². The van der Waals surface area contributed by atoms with E-state index < -0.39 is 0 Å². The molecule has 0 aromatic heterocycles. The van der Waals surface area contributed by atoms with E-state index in [0.717, 1.165) is 35.8 Å². The van der Waals surface area contributed by atoms with Crippen LogP contribution < -0.4 is 0 Å². The quantitative estimate of drug-likeness (QED) is 0.760. The molecule has 0 radical (unpaired) electrons. The molecule has 3 atom stereocenters. The molecular weight excluding hydrogens is 220 g/mol. The summed E-state index contributed by atoms with van der Waals surface area (Å²) in [5, 5.41) is 0. The van der Waals surface area contributed by atoms with E-state index >= 15 is 0 Å². The van der Waals surface area contributed by atoms with Crippen LogP contribution >= 0.6 is 0 Å². The number of fused-ring (bicyclic) bond motifs is 1. The van der Waals surface area contributed by atoms with Crippen LogP contribution in [0.3, 0.4) is 0 Å². The van der Waals surface area contributed by atoms with Gasteiger partial charge in [-0.2, -0.15) is 0 Å². The molecule has 0 aromatic rings. The van der Waals surface area contributed by atoms with E-state index in [1.54, 1.807) is 0 Å². The van der Waals surface area contributed by atoms with Crippen LogP contribution in [0.15, 0.2) is 0 Å². The fraction of sp³-hybridized carbons (Fsp3) is 1.00. The van der Waals surface area contributed by atoms with Gasteiger partial charge in [0.15, 0.2) is 0 Å². The standard InChI is InChI=1S/C16H30N2/c1-11(2)13-5-14-7-18(8-15(14)6-13)16-9-17(10-16)12(3)4/h11-16H,5-10H2,1-4H3/t13?,14-,15+. The summed E-state index contributed by atoms with van der Waals surface area (Å²) < 4.78 is 0. The summed E-state index contributed by atoms with van der Waals surface area (Å²) in [5.74, 6) is 4.00. The summed E-state index contributed by atoms with van der Waals surface area (Å²) in [5.41, 5.74) is 0. The van der Waals surface area contributed by atoms with E-state index in [-0.39, 0.29) is 0 Å². The molecule has 2 heterocycles. The van der Waals surface area contributed by atoms with Crippen molar-refractivity contribution in [1.29, 1.82) is 0 Å². The molecule has 0 N–H and O–H groups in total. The molecule has 2 aliphatic heterocycles. The lowest BCUT2D eigenvalue weighted by Gasteiger charge is -2.46. The summed E-state index contributed by atoms with van der Waals surface area (Å²) in [6.45, 7) is 14.9. The van der Waals surface area contributed by atoms with Crippen molar-refractivity contribution in [2.75, 3.05) is 26.2 Å². The van der Waals surface area contributed by atoms with Gasteiger partial charge in [-0.3, -0.25) is 9.80 Å². The molecule has 2 saturated heterocycles. The molecule has 1 unspecified atom stereocenters. The van der Waals surface area contributed by atoms with Gasteiger partial charge >= 0.3 is 0 Å². The van der Waals surface area contributed by atoms with Gasteiger partial charge in [0.05, 0.1) is 0 Å². The van der Waals surface area contributed by atoms with E-state index in [4.69, 9.17) is 0 Å². The highest BCUT2D eigenvalue weighted by Crippen LogP contribution is 2.45. The molecule has 1 aliphatic carbocycles. The van der Waals surface area contributed by atoms with E-state index in [1.165, 1.54) is 39.0 Å². The number of hydrogen-bond donors (Lipinski definition) is 0. The summed E-state index contributed by atoms with van der Waals surface area (Å²) in [7, 11) is 0. The van der Waals surface area contributed by atoms with Gasteiger partial charge in [-0.25, -0.2) is 0 Å². The van der Waals surface area contributed by atoms with Gasteiger partial charge in [0, 0.05) is 38.3 Å². The van der Waals surface area contributed by atoms with Gasteiger partial charge < -0.3 is 0 Å². The number of rotatable bonds is 3. The predicted molar refractivity (Wildman–Crippen MR) is 76.6 cm³/mol. The SMILES string of the molecule is CC(C)C1C[C@@H]2CN(C3CN(C(C)C)C3)C[C@@H]2C1. The first-order chi connectivity index (χ1) is 8.54. The van der Waals surface area contributed by atoms with Gasteiger partial charge in [0.2, 0.25) is 0 Å². The fourth-order valence-corrected chi connectivity index (χ4v) is 4.37. The molecule has 3 fully saturated rings. The van der Waals surface area contributed by atoms with E-state index in [9.17, 15) is 0 Å². The average molecular weight is 250 g/mol. The molecule has 0 spiro atoms. The normalized spacial score (nSPS) is 38.7. The second kappa shape index (κ2) is 4.79. The third-order valence-electron chi connectivity index (χ3n) is 5.90. The zero-order valence-corrected chi connectivity index (χ0v) is 12.6. The first-order valence-corrected chi connectivity index (χ1v) is 8.02. The lowest BCUT2D eigenvalue weighted by Crippen LogP contribution is -2.60. The first kappa shape index (κ1) is 12.9. The highest BCUT2D eigenvalue weighted by molar-refractivity contribution is 4.99. The molecule has 2 nitrogen and oxygen atoms in total. The van der Waals surface area contributed by atoms with Crippen molar-refractivity contribution in [3.63, 3.8) is 0 Å². The Bertz CT molecular complexity index is 279. The van der Waals surface area contributed by atoms with Crippen LogP contribution in [-0.4, -0.2) is 48.1 Å². The van der Waals surface area contributed by atoms with Crippen molar-refractivity contribution in [2.24, 2.45) is 23.7 Å². The molecule has 0 bridgehead atoms. The minimum Gasteiger partial charge on any atom is -0.298 e. The van der Waals surface area contributed by atoms with Gasteiger partial charge in [-0.15, -0.1) is 0 Å². The second-order valence-electron chi connectivity index (χ2n) is 7.65. The molecule has 0 aromatic carbocycles. The maximum Gasteiger partial charge on any atom is 0.0350 e. The van der Waals surface area contributed by atoms with Crippen molar-refractivity contribution in [2.45, 2.75) is 52.6 Å². The van der Waals surface area contributed by atoms with Gasteiger partial charge in [-0.05, 0) is 50.4 Å². The van der Waals surface area contributed by atoms with Crippen molar-refractivity contribution >= 4 is 0 Å². The highest BCUT2D eigenvalue weighted by atomic mass is 15.3. The van der Waals surface area contributed by atoms with Gasteiger partial charge in [0.25, 0.3) is 0 Å². The molecule has 0 amide bonds. The zero-order valence-electron chi connectivity index (χ0n) is 12.6. The van der Waals surface area contributed by atoms with Gasteiger partial charge in [0.1, 0.15) is 0 Å². The van der Waals surface area contributed by atoms with Crippen LogP contribution in [0.4, 0.5) is 0 Å². The summed E-state index contributed by atoms with van der Waals surface area (Å²) >= 11 is 0. The van der Waals surface area contributed by atoms with Crippen molar-refractivity contribution in [3.8, 4) is 0 Å². The topological polar surface area (TPSA) is 6.48 Å². The monoisotopic (exact) mass is 250 g/mol. The Kier molecular flexibility index (Phi) is 3.44. The van der Waals surface area contributed by atoms with E-state index in [1.807, 2.05) is 0 Å². The minimum atomic E-state index is 0.744. The molecule has 3 aliphatic rings. The van der Waals surface area contributed by atoms with E-state index in [2.05, 4.69) is 37.5 Å². The van der Waals surface area contributed by atoms with Crippen LogP contribution in [0.1, 0.15) is 40.5 Å². The van der Waals surface area contributed by atoms with Gasteiger partial charge in [-0.1, -0.05) is 13.8 Å². The van der Waals surface area contributed by atoms with Crippen LogP contribution in [0.5, 0.6) is 0 Å². The fourth-order valence-electron chi connectivity index (χ4n) is 4.37. The Balaban J connectivity index is 1.48. The summed E-state index contributed by atoms with van der Waals surface area (Å²) in [6.07, 6.45) is 3.03. The Labute approximate surface area is 113 Å². The zero-order chi connectivity index (χ0) is 12.9. The third-order valence-corrected chi connectivity index (χ3v) is 5.90. The average Bonchev–Trinajstić information content (AvgIpc) is 2.71. The minimum absolute atomic E-state index is 0.744. The molecule has 3 rings (SSSR count). The first-order valence-electron chi connectivity index (χ1n) is 8.02. The van der Waals surface area contributed by atoms with Crippen LogP contribution in [0.25, 0.3) is 0 Å². The maximum atomic E-state index is 2.81. The van der Waals surface area contributed by atoms with E-state index in [0.29, 0.717) is 0 Å². The van der Waals surface area contributed by atoms with Crippen molar-refractivity contribution in [3.05, 3.63) is 0 Å². The Morgan fingerprint density at radius 3 is 1.83 bits per heavy atom. The third kappa shape index (κ3) is 2.22. The van der Waals surface area contributed by atoms with Crippen molar-refractivity contribution < 1.29 is 0 Å². The van der Waals surface area contributed by atoms with Crippen LogP contribution in [-0.2, 0) is 0 Å². The van der Waals surface area contributed by atoms with Crippen LogP contribution in [0.2, 0.25) is 0 Å². The smallest absolute Gasteiger partial charge is 0.0350 e. The maximum absolute atomic E-state index is 2.81.